The quantitative estimate of drug-likeness (QED) is 0.508. The molecule has 34 heavy (non-hydrogen) atoms. The maximum atomic E-state index is 13.0. The number of carbonyl (C=O) groups excluding carboxylic acids is 2. The lowest BCUT2D eigenvalue weighted by Gasteiger charge is -2.31. The van der Waals surface area contributed by atoms with Crippen molar-refractivity contribution in [2.24, 2.45) is 0 Å². The summed E-state index contributed by atoms with van der Waals surface area (Å²) in [6.07, 6.45) is -0.703. The summed E-state index contributed by atoms with van der Waals surface area (Å²) in [5, 5.41) is 0. The van der Waals surface area contributed by atoms with Crippen LogP contribution in [-0.2, 0) is 36.3 Å². The highest BCUT2D eigenvalue weighted by molar-refractivity contribution is 7.78. The van der Waals surface area contributed by atoms with Gasteiger partial charge in [-0.1, -0.05) is 78.9 Å². The third-order valence-electron chi connectivity index (χ3n) is 6.03. The number of carbonyl (C=O) groups is 2. The Morgan fingerprint density at radius 2 is 1.50 bits per heavy atom. The molecule has 3 aromatic carbocycles. The summed E-state index contributed by atoms with van der Waals surface area (Å²) < 4.78 is 29.5. The van der Waals surface area contributed by atoms with Crippen molar-refractivity contribution in [3.8, 4) is 11.1 Å². The maximum Gasteiger partial charge on any atom is 0.424 e. The number of fused-ring (bicyclic) bond motifs is 3. The molecule has 0 radical (unpaired) electrons. The van der Waals surface area contributed by atoms with E-state index in [2.05, 4.69) is 0 Å². The topological polar surface area (TPSA) is 82.1 Å². The van der Waals surface area contributed by atoms with Crippen molar-refractivity contribution in [3.63, 3.8) is 0 Å². The zero-order chi connectivity index (χ0) is 23.5. The van der Waals surface area contributed by atoms with Crippen molar-refractivity contribution in [1.29, 1.82) is 0 Å². The van der Waals surface area contributed by atoms with Gasteiger partial charge in [-0.05, 0) is 27.8 Å². The second-order valence-corrected chi connectivity index (χ2v) is 9.13. The zero-order valence-corrected chi connectivity index (χ0v) is 19.1. The Balaban J connectivity index is 1.29. The molecule has 7 nitrogen and oxygen atoms in total. The Kier molecular flexibility index (Phi) is 6.42. The van der Waals surface area contributed by atoms with Gasteiger partial charge < -0.3 is 9.47 Å². The van der Waals surface area contributed by atoms with E-state index in [4.69, 9.17) is 13.7 Å². The number of esters is 1. The van der Waals surface area contributed by atoms with Crippen molar-refractivity contribution in [2.75, 3.05) is 13.2 Å². The molecule has 2 atom stereocenters. The van der Waals surface area contributed by atoms with E-state index >= 15 is 0 Å². The van der Waals surface area contributed by atoms with Gasteiger partial charge in [0.25, 0.3) is 11.3 Å². The summed E-state index contributed by atoms with van der Waals surface area (Å²) in [5.41, 5.74) is 5.15. The predicted molar refractivity (Wildman–Crippen MR) is 126 cm³/mol. The standard InChI is InChI=1S/C26H23NO6S/c28-25(31-16-18-8-2-1-3-9-18)24-14-15-33-34(30)27(24)26(29)32-17-23-21-12-6-4-10-19(21)20-11-5-7-13-22(20)23/h1-13,23-24H,14-17H2/t24-,34-/m1/s1. The highest BCUT2D eigenvalue weighted by atomic mass is 32.2. The van der Waals surface area contributed by atoms with Crippen LogP contribution in [0, 0.1) is 0 Å². The average molecular weight is 478 g/mol. The van der Waals surface area contributed by atoms with Crippen LogP contribution in [0.15, 0.2) is 78.9 Å². The Morgan fingerprint density at radius 1 is 0.882 bits per heavy atom. The van der Waals surface area contributed by atoms with Gasteiger partial charge in [0.15, 0.2) is 6.04 Å². The van der Waals surface area contributed by atoms with Gasteiger partial charge in [0.05, 0.1) is 6.61 Å². The molecule has 1 aliphatic carbocycles. The fourth-order valence-corrected chi connectivity index (χ4v) is 5.32. The lowest BCUT2D eigenvalue weighted by molar-refractivity contribution is -0.150. The third kappa shape index (κ3) is 4.34. The third-order valence-corrected chi connectivity index (χ3v) is 7.12. The molecule has 0 saturated carbocycles. The molecule has 1 heterocycles. The van der Waals surface area contributed by atoms with Gasteiger partial charge in [0.2, 0.25) is 0 Å². The molecule has 0 spiro atoms. The largest absolute Gasteiger partial charge is 0.459 e. The smallest absolute Gasteiger partial charge is 0.424 e. The second-order valence-electron chi connectivity index (χ2n) is 8.07. The van der Waals surface area contributed by atoms with Crippen LogP contribution in [0.3, 0.4) is 0 Å². The number of nitrogens with zero attached hydrogens (tertiary/aromatic N) is 1. The summed E-state index contributed by atoms with van der Waals surface area (Å²) in [6.45, 7) is 0.180. The minimum Gasteiger partial charge on any atom is -0.459 e. The Bertz CT molecular complexity index is 1190. The minimum absolute atomic E-state index is 0.0480. The van der Waals surface area contributed by atoms with Crippen LogP contribution < -0.4 is 0 Å². The molecular formula is C26H23NO6S. The molecule has 174 valence electrons. The molecule has 1 aliphatic heterocycles. The second kappa shape index (κ2) is 9.79. The summed E-state index contributed by atoms with van der Waals surface area (Å²) >= 11 is -2.14. The molecule has 1 amide bonds. The molecule has 0 N–H and O–H groups in total. The summed E-state index contributed by atoms with van der Waals surface area (Å²) in [7, 11) is 0. The number of ether oxygens (including phenoxy) is 2. The number of benzene rings is 3. The molecule has 3 aromatic rings. The van der Waals surface area contributed by atoms with E-state index in [1.54, 1.807) is 0 Å². The Labute approximate surface area is 200 Å². The fourth-order valence-electron chi connectivity index (χ4n) is 4.39. The number of hydrogen-bond acceptors (Lipinski definition) is 6. The molecule has 0 aromatic heterocycles. The number of amides is 1. The summed E-state index contributed by atoms with van der Waals surface area (Å²) in [4.78, 5) is 25.8. The van der Waals surface area contributed by atoms with E-state index < -0.39 is 29.4 Å². The van der Waals surface area contributed by atoms with Gasteiger partial charge in [-0.2, -0.15) is 4.31 Å². The SMILES string of the molecule is O=C(OCc1ccccc1)[C@H]1CCO[S@@](=O)N1C(=O)OCC1c2ccccc2-c2ccccc21. The van der Waals surface area contributed by atoms with E-state index in [0.717, 1.165) is 32.1 Å². The van der Waals surface area contributed by atoms with Gasteiger partial charge in [0, 0.05) is 12.3 Å². The van der Waals surface area contributed by atoms with Crippen LogP contribution in [0.25, 0.3) is 11.1 Å². The fraction of sp³-hybridized carbons (Fsp3) is 0.231. The minimum atomic E-state index is -2.14. The summed E-state index contributed by atoms with van der Waals surface area (Å²) in [6, 6.07) is 24.1. The number of rotatable bonds is 5. The first-order chi connectivity index (χ1) is 16.6. The zero-order valence-electron chi connectivity index (χ0n) is 18.3. The highest BCUT2D eigenvalue weighted by Crippen LogP contribution is 2.44. The van der Waals surface area contributed by atoms with Crippen LogP contribution in [0.5, 0.6) is 0 Å². The maximum absolute atomic E-state index is 13.0. The van der Waals surface area contributed by atoms with Gasteiger partial charge in [-0.25, -0.2) is 13.8 Å². The first-order valence-corrected chi connectivity index (χ1v) is 12.1. The lowest BCUT2D eigenvalue weighted by atomic mass is 9.98. The predicted octanol–water partition coefficient (Wildman–Crippen LogP) is 4.35. The van der Waals surface area contributed by atoms with Gasteiger partial charge >= 0.3 is 12.1 Å². The van der Waals surface area contributed by atoms with E-state index in [1.165, 1.54) is 0 Å². The molecule has 5 rings (SSSR count). The normalized spacial score (nSPS) is 19.2. The van der Waals surface area contributed by atoms with Crippen molar-refractivity contribution in [3.05, 3.63) is 95.6 Å². The van der Waals surface area contributed by atoms with Crippen molar-refractivity contribution in [2.45, 2.75) is 25.0 Å². The van der Waals surface area contributed by atoms with Crippen LogP contribution in [-0.4, -0.2) is 39.8 Å². The van der Waals surface area contributed by atoms with Gasteiger partial charge in [-0.3, -0.25) is 4.18 Å². The molecule has 8 heteroatoms. The molecule has 1 saturated heterocycles. The van der Waals surface area contributed by atoms with Crippen molar-refractivity contribution >= 4 is 23.3 Å². The summed E-state index contributed by atoms with van der Waals surface area (Å²) in [5.74, 6) is -0.798. The first kappa shape index (κ1) is 22.3. The van der Waals surface area contributed by atoms with E-state index in [-0.39, 0.29) is 32.2 Å². The average Bonchev–Trinajstić information content (AvgIpc) is 3.20. The monoisotopic (exact) mass is 477 g/mol. The first-order valence-electron chi connectivity index (χ1n) is 11.0. The van der Waals surface area contributed by atoms with Crippen molar-refractivity contribution in [1.82, 2.24) is 4.31 Å². The van der Waals surface area contributed by atoms with E-state index in [0.29, 0.717) is 0 Å². The van der Waals surface area contributed by atoms with Crippen LogP contribution in [0.2, 0.25) is 0 Å². The van der Waals surface area contributed by atoms with Crippen LogP contribution in [0.4, 0.5) is 4.79 Å². The molecule has 0 bridgehead atoms. The van der Waals surface area contributed by atoms with Gasteiger partial charge in [0.1, 0.15) is 13.2 Å². The van der Waals surface area contributed by atoms with E-state index in [1.807, 2.05) is 78.9 Å². The van der Waals surface area contributed by atoms with Crippen LogP contribution in [0.1, 0.15) is 29.0 Å². The molecule has 1 fully saturated rings. The Hall–Kier alpha value is -3.49. The van der Waals surface area contributed by atoms with Crippen LogP contribution >= 0.6 is 0 Å². The van der Waals surface area contributed by atoms with Crippen molar-refractivity contribution < 1.29 is 27.5 Å². The number of hydrogen-bond donors (Lipinski definition) is 0. The lowest BCUT2D eigenvalue weighted by Crippen LogP contribution is -2.51. The van der Waals surface area contributed by atoms with Gasteiger partial charge in [-0.15, -0.1) is 0 Å². The highest BCUT2D eigenvalue weighted by Gasteiger charge is 2.41. The van der Waals surface area contributed by atoms with E-state index in [9.17, 15) is 13.8 Å². The molecule has 0 unspecified atom stereocenters. The molecule has 2 aliphatic rings. The molecular weight excluding hydrogens is 454 g/mol. The Morgan fingerprint density at radius 3 is 2.18 bits per heavy atom.